The molecule has 0 fully saturated rings. The van der Waals surface area contributed by atoms with Gasteiger partial charge in [-0.1, -0.05) is 6.92 Å². The molecule has 0 radical (unpaired) electrons. The minimum absolute atomic E-state index is 0.0162. The summed E-state index contributed by atoms with van der Waals surface area (Å²) in [5.74, 6) is 0. The molecule has 0 amide bonds. The summed E-state index contributed by atoms with van der Waals surface area (Å²) in [4.78, 5) is 0. The second-order valence-corrected chi connectivity index (χ2v) is 2.75. The van der Waals surface area contributed by atoms with Crippen LogP contribution >= 0.6 is 0 Å². The van der Waals surface area contributed by atoms with E-state index in [2.05, 4.69) is 8.37 Å². The van der Waals surface area contributed by atoms with Gasteiger partial charge in [0.05, 0.1) is 6.61 Å². The van der Waals surface area contributed by atoms with Crippen molar-refractivity contribution in [3.63, 3.8) is 0 Å². The molecule has 0 spiro atoms. The number of hydrogen-bond donors (Lipinski definition) is 0. The second-order valence-electron chi connectivity index (χ2n) is 1.46. The van der Waals surface area contributed by atoms with Gasteiger partial charge in [-0.2, -0.15) is 8.42 Å². The van der Waals surface area contributed by atoms with E-state index in [9.17, 15) is 12.8 Å². The van der Waals surface area contributed by atoms with Crippen molar-refractivity contribution in [2.45, 2.75) is 13.3 Å². The highest BCUT2D eigenvalue weighted by Gasteiger charge is 2.09. The van der Waals surface area contributed by atoms with Gasteiger partial charge in [-0.05, 0) is 6.42 Å². The van der Waals surface area contributed by atoms with Crippen LogP contribution in [0, 0.1) is 0 Å². The van der Waals surface area contributed by atoms with Gasteiger partial charge in [0.1, 0.15) is 0 Å². The van der Waals surface area contributed by atoms with Gasteiger partial charge in [0, 0.05) is 0 Å². The molecule has 0 aliphatic carbocycles. The smallest absolute Gasteiger partial charge is 0.248 e. The summed E-state index contributed by atoms with van der Waals surface area (Å²) in [6.45, 7) is 0.360. The molecule has 0 aromatic rings. The van der Waals surface area contributed by atoms with E-state index in [1.165, 1.54) is 0 Å². The molecule has 0 bridgehead atoms. The second kappa shape index (κ2) is 4.59. The lowest BCUT2D eigenvalue weighted by Crippen LogP contribution is -2.09. The minimum atomic E-state index is -4.07. The van der Waals surface area contributed by atoms with Crippen LogP contribution in [-0.4, -0.2) is 21.9 Å². The van der Waals surface area contributed by atoms with Crippen LogP contribution in [-0.2, 0) is 18.8 Å². The monoisotopic (exact) mass is 172 g/mol. The minimum Gasteiger partial charge on any atom is -0.248 e. The van der Waals surface area contributed by atoms with Crippen LogP contribution in [0.25, 0.3) is 0 Å². The molecular formula is C4H9FO4S. The molecule has 4 nitrogen and oxygen atoms in total. The van der Waals surface area contributed by atoms with Gasteiger partial charge < -0.3 is 0 Å². The number of halogens is 1. The zero-order valence-electron chi connectivity index (χ0n) is 5.54. The van der Waals surface area contributed by atoms with Crippen molar-refractivity contribution < 1.29 is 21.2 Å². The molecule has 0 N–H and O–H groups in total. The summed E-state index contributed by atoms with van der Waals surface area (Å²) in [6, 6.07) is 0. The summed E-state index contributed by atoms with van der Waals surface area (Å²) in [6.07, 6.45) is 0.537. The summed E-state index contributed by atoms with van der Waals surface area (Å²) < 4.78 is 39.6. The Kier molecular flexibility index (Phi) is 4.50. The lowest BCUT2D eigenvalue weighted by molar-refractivity contribution is 0.152. The first-order valence-corrected chi connectivity index (χ1v) is 4.05. The molecule has 0 aromatic heterocycles. The first-order chi connectivity index (χ1) is 4.62. The van der Waals surface area contributed by atoms with Crippen LogP contribution < -0.4 is 0 Å². The molecule has 0 unspecified atom stereocenters. The van der Waals surface area contributed by atoms with Crippen molar-refractivity contribution in [3.8, 4) is 0 Å². The first-order valence-electron chi connectivity index (χ1n) is 2.72. The fraction of sp³-hybridized carbons (Fsp3) is 1.00. The molecular weight excluding hydrogens is 163 g/mol. The van der Waals surface area contributed by atoms with Gasteiger partial charge in [-0.25, -0.2) is 12.8 Å². The van der Waals surface area contributed by atoms with Crippen LogP contribution in [0.1, 0.15) is 13.3 Å². The molecule has 62 valence electrons. The highest BCUT2D eigenvalue weighted by molar-refractivity contribution is 7.81. The quantitative estimate of drug-likeness (QED) is 0.609. The van der Waals surface area contributed by atoms with Gasteiger partial charge in [0.25, 0.3) is 0 Å². The normalized spacial score (nSPS) is 11.8. The summed E-state index contributed by atoms with van der Waals surface area (Å²) >= 11 is 0. The topological polar surface area (TPSA) is 52.6 Å². The number of rotatable bonds is 5. The van der Waals surface area contributed by atoms with Crippen molar-refractivity contribution >= 4 is 10.4 Å². The van der Waals surface area contributed by atoms with E-state index in [1.54, 1.807) is 6.92 Å². The zero-order valence-corrected chi connectivity index (χ0v) is 6.36. The highest BCUT2D eigenvalue weighted by atomic mass is 32.3. The van der Waals surface area contributed by atoms with Gasteiger partial charge in [0.2, 0.25) is 6.86 Å². The Morgan fingerprint density at radius 3 is 2.40 bits per heavy atom. The largest absolute Gasteiger partial charge is 0.402 e. The predicted octanol–water partition coefficient (Wildman–Crippen LogP) is 0.601. The van der Waals surface area contributed by atoms with E-state index < -0.39 is 17.3 Å². The van der Waals surface area contributed by atoms with E-state index in [0.717, 1.165) is 0 Å². The SMILES string of the molecule is CCCOS(=O)(=O)OCF. The maximum absolute atomic E-state index is 11.2. The highest BCUT2D eigenvalue weighted by Crippen LogP contribution is 1.96. The van der Waals surface area contributed by atoms with Crippen LogP contribution in [0.3, 0.4) is 0 Å². The fourth-order valence-electron chi connectivity index (χ4n) is 0.274. The Hall–Kier alpha value is -0.200. The van der Waals surface area contributed by atoms with Crippen molar-refractivity contribution in [1.82, 2.24) is 0 Å². The van der Waals surface area contributed by atoms with Crippen LogP contribution in [0.4, 0.5) is 4.39 Å². The third kappa shape index (κ3) is 4.66. The van der Waals surface area contributed by atoms with E-state index in [1.807, 2.05) is 0 Å². The molecule has 0 atom stereocenters. The average molecular weight is 172 g/mol. The third-order valence-electron chi connectivity index (χ3n) is 0.621. The fourth-order valence-corrected chi connectivity index (χ4v) is 0.822. The van der Waals surface area contributed by atoms with Crippen molar-refractivity contribution in [2.75, 3.05) is 13.5 Å². The molecule has 0 aromatic carbocycles. The van der Waals surface area contributed by atoms with E-state index >= 15 is 0 Å². The molecule has 0 aliphatic heterocycles. The summed E-state index contributed by atoms with van der Waals surface area (Å²) in [5.41, 5.74) is 0. The van der Waals surface area contributed by atoms with Gasteiger partial charge in [-0.15, -0.1) is 0 Å². The van der Waals surface area contributed by atoms with Gasteiger partial charge in [-0.3, -0.25) is 0 Å². The molecule has 6 heteroatoms. The Morgan fingerprint density at radius 1 is 1.40 bits per heavy atom. The summed E-state index contributed by atoms with van der Waals surface area (Å²) in [5, 5.41) is 0. The zero-order chi connectivity index (χ0) is 8.04. The van der Waals surface area contributed by atoms with E-state index in [-0.39, 0.29) is 6.61 Å². The van der Waals surface area contributed by atoms with Gasteiger partial charge >= 0.3 is 10.4 Å². The number of alkyl halides is 1. The number of hydrogen-bond acceptors (Lipinski definition) is 4. The maximum atomic E-state index is 11.2. The molecule has 0 rings (SSSR count). The average Bonchev–Trinajstić information content (AvgIpc) is 1.84. The van der Waals surface area contributed by atoms with Gasteiger partial charge in [0.15, 0.2) is 0 Å². The Balaban J connectivity index is 3.65. The van der Waals surface area contributed by atoms with Crippen LogP contribution in [0.5, 0.6) is 0 Å². The van der Waals surface area contributed by atoms with E-state index in [0.29, 0.717) is 6.42 Å². The van der Waals surface area contributed by atoms with Crippen molar-refractivity contribution in [2.24, 2.45) is 0 Å². The molecule has 0 heterocycles. The first kappa shape index (κ1) is 9.80. The Bertz CT molecular complexity index is 164. The van der Waals surface area contributed by atoms with E-state index in [4.69, 9.17) is 0 Å². The lowest BCUT2D eigenvalue weighted by Gasteiger charge is -1.99. The van der Waals surface area contributed by atoms with Crippen LogP contribution in [0.15, 0.2) is 0 Å². The van der Waals surface area contributed by atoms with Crippen molar-refractivity contribution in [3.05, 3.63) is 0 Å². The standard InChI is InChI=1S/C4H9FO4S/c1-2-3-8-10(6,7)9-4-5/h2-4H2,1H3. The van der Waals surface area contributed by atoms with Crippen molar-refractivity contribution in [1.29, 1.82) is 0 Å². The molecule has 0 aliphatic rings. The molecule has 0 saturated heterocycles. The summed E-state index contributed by atoms with van der Waals surface area (Å²) in [7, 11) is -4.07. The van der Waals surface area contributed by atoms with Crippen LogP contribution in [0.2, 0.25) is 0 Å². The molecule has 10 heavy (non-hydrogen) atoms. The third-order valence-corrected chi connectivity index (χ3v) is 1.45. The Morgan fingerprint density at radius 2 is 2.00 bits per heavy atom. The molecule has 0 saturated carbocycles. The lowest BCUT2D eigenvalue weighted by atomic mass is 10.5. The predicted molar refractivity (Wildman–Crippen MR) is 32.2 cm³/mol. The maximum Gasteiger partial charge on any atom is 0.402 e. The Labute approximate surface area is 59.3 Å².